The van der Waals surface area contributed by atoms with Gasteiger partial charge in [-0.1, -0.05) is 42.1 Å². The Hall–Kier alpha value is -2.55. The Balaban J connectivity index is 1.29. The molecule has 0 amide bonds. The molecule has 3 heterocycles. The second kappa shape index (κ2) is 10.2. The van der Waals surface area contributed by atoms with Crippen LogP contribution in [-0.2, 0) is 30.1 Å². The average Bonchev–Trinajstić information content (AvgIpc) is 3.56. The van der Waals surface area contributed by atoms with E-state index in [1.54, 1.807) is 11.8 Å². The maximum Gasteiger partial charge on any atom is 0.231 e. The van der Waals surface area contributed by atoms with Crippen molar-refractivity contribution in [2.75, 3.05) is 20.4 Å². The lowest BCUT2D eigenvalue weighted by atomic mass is 10.1. The average molecular weight is 467 g/mol. The maximum atomic E-state index is 5.94. The minimum absolute atomic E-state index is 0.233. The standard InChI is InChI=1S/C25H30N4O3S/c1-18-6-3-4-7-20(18)16-33-25-27-26-24(29(25)14-21-8-5-11-30-21)15-28(2)13-19-9-10-22-23(12-19)32-17-31-22/h3-4,6-7,9-10,12,21H,5,8,11,13-17H2,1-2H3/t21-/m1/s1. The fourth-order valence-corrected chi connectivity index (χ4v) is 5.32. The number of thioether (sulfide) groups is 1. The number of aromatic nitrogens is 3. The topological polar surface area (TPSA) is 61.6 Å². The van der Waals surface area contributed by atoms with Crippen LogP contribution in [0, 0.1) is 6.92 Å². The zero-order chi connectivity index (χ0) is 22.6. The monoisotopic (exact) mass is 466 g/mol. The van der Waals surface area contributed by atoms with Crippen LogP contribution in [0.4, 0.5) is 0 Å². The van der Waals surface area contributed by atoms with Gasteiger partial charge in [-0.15, -0.1) is 10.2 Å². The first-order valence-electron chi connectivity index (χ1n) is 11.4. The molecule has 0 N–H and O–H groups in total. The van der Waals surface area contributed by atoms with Gasteiger partial charge in [0.25, 0.3) is 0 Å². The van der Waals surface area contributed by atoms with Crippen molar-refractivity contribution in [2.45, 2.75) is 56.4 Å². The number of fused-ring (bicyclic) bond motifs is 1. The molecule has 7 nitrogen and oxygen atoms in total. The van der Waals surface area contributed by atoms with Gasteiger partial charge >= 0.3 is 0 Å². The van der Waals surface area contributed by atoms with Gasteiger partial charge in [0.05, 0.1) is 19.2 Å². The highest BCUT2D eigenvalue weighted by molar-refractivity contribution is 7.98. The molecule has 2 aliphatic rings. The van der Waals surface area contributed by atoms with E-state index in [0.29, 0.717) is 13.3 Å². The van der Waals surface area contributed by atoms with Gasteiger partial charge in [-0.25, -0.2) is 0 Å². The van der Waals surface area contributed by atoms with Crippen molar-refractivity contribution in [2.24, 2.45) is 0 Å². The molecule has 33 heavy (non-hydrogen) atoms. The molecular formula is C25H30N4O3S. The Morgan fingerprint density at radius 1 is 1.09 bits per heavy atom. The first kappa shape index (κ1) is 22.3. The normalized spacial score (nSPS) is 17.2. The van der Waals surface area contributed by atoms with Crippen LogP contribution in [-0.4, -0.2) is 46.2 Å². The number of hydrogen-bond donors (Lipinski definition) is 0. The largest absolute Gasteiger partial charge is 0.454 e. The van der Waals surface area contributed by atoms with Gasteiger partial charge in [-0.3, -0.25) is 4.90 Å². The summed E-state index contributed by atoms with van der Waals surface area (Å²) < 4.78 is 19.1. The SMILES string of the molecule is Cc1ccccc1CSc1nnc(CN(C)Cc2ccc3c(c2)OCO3)n1C[C@H]1CCCO1. The summed E-state index contributed by atoms with van der Waals surface area (Å²) >= 11 is 1.75. The van der Waals surface area contributed by atoms with E-state index in [-0.39, 0.29) is 6.10 Å². The zero-order valence-corrected chi connectivity index (χ0v) is 20.0. The fourth-order valence-electron chi connectivity index (χ4n) is 4.28. The molecule has 0 unspecified atom stereocenters. The summed E-state index contributed by atoms with van der Waals surface area (Å²) in [6, 6.07) is 14.6. The first-order valence-corrected chi connectivity index (χ1v) is 12.4. The van der Waals surface area contributed by atoms with Crippen LogP contribution in [0.15, 0.2) is 47.6 Å². The summed E-state index contributed by atoms with van der Waals surface area (Å²) in [7, 11) is 2.11. The second-order valence-electron chi connectivity index (χ2n) is 8.72. The molecule has 1 fully saturated rings. The molecule has 2 aromatic carbocycles. The van der Waals surface area contributed by atoms with Crippen LogP contribution in [0.2, 0.25) is 0 Å². The van der Waals surface area contributed by atoms with E-state index in [9.17, 15) is 0 Å². The molecule has 174 valence electrons. The van der Waals surface area contributed by atoms with Gasteiger partial charge in [-0.05, 0) is 55.6 Å². The van der Waals surface area contributed by atoms with E-state index in [1.807, 2.05) is 6.07 Å². The van der Waals surface area contributed by atoms with E-state index in [1.165, 1.54) is 16.7 Å². The minimum Gasteiger partial charge on any atom is -0.454 e. The Morgan fingerprint density at radius 2 is 1.97 bits per heavy atom. The summed E-state index contributed by atoms with van der Waals surface area (Å²) in [4.78, 5) is 2.25. The summed E-state index contributed by atoms with van der Waals surface area (Å²) in [6.07, 6.45) is 2.45. The van der Waals surface area contributed by atoms with Gasteiger partial charge in [-0.2, -0.15) is 0 Å². The predicted octanol–water partition coefficient (Wildman–Crippen LogP) is 4.42. The molecule has 1 saturated heterocycles. The molecule has 5 rings (SSSR count). The van der Waals surface area contributed by atoms with E-state index >= 15 is 0 Å². The van der Waals surface area contributed by atoms with Gasteiger partial charge in [0.1, 0.15) is 5.82 Å². The third-order valence-corrected chi connectivity index (χ3v) is 7.14. The van der Waals surface area contributed by atoms with Crippen LogP contribution in [0.25, 0.3) is 0 Å². The second-order valence-corrected chi connectivity index (χ2v) is 9.66. The highest BCUT2D eigenvalue weighted by Crippen LogP contribution is 2.33. The molecule has 0 radical (unpaired) electrons. The van der Waals surface area contributed by atoms with Crippen LogP contribution in [0.1, 0.15) is 35.4 Å². The van der Waals surface area contributed by atoms with Crippen molar-refractivity contribution in [3.63, 3.8) is 0 Å². The molecule has 0 aliphatic carbocycles. The van der Waals surface area contributed by atoms with Crippen LogP contribution in [0.3, 0.4) is 0 Å². The van der Waals surface area contributed by atoms with Crippen LogP contribution >= 0.6 is 11.8 Å². The Bertz CT molecular complexity index is 1100. The summed E-state index contributed by atoms with van der Waals surface area (Å²) in [5, 5.41) is 10.1. The highest BCUT2D eigenvalue weighted by Gasteiger charge is 2.22. The van der Waals surface area contributed by atoms with Crippen LogP contribution < -0.4 is 9.47 Å². The van der Waals surface area contributed by atoms with Crippen molar-refractivity contribution in [3.05, 3.63) is 65.0 Å². The molecule has 1 aromatic heterocycles. The molecule has 2 aliphatic heterocycles. The maximum absolute atomic E-state index is 5.94. The van der Waals surface area contributed by atoms with Crippen molar-refractivity contribution in [1.82, 2.24) is 19.7 Å². The van der Waals surface area contributed by atoms with Gasteiger partial charge in [0.15, 0.2) is 16.7 Å². The molecule has 3 aromatic rings. The Morgan fingerprint density at radius 3 is 2.82 bits per heavy atom. The first-order chi connectivity index (χ1) is 16.2. The smallest absolute Gasteiger partial charge is 0.231 e. The minimum atomic E-state index is 0.233. The van der Waals surface area contributed by atoms with E-state index in [4.69, 9.17) is 14.2 Å². The van der Waals surface area contributed by atoms with Gasteiger partial charge in [0, 0.05) is 18.9 Å². The third kappa shape index (κ3) is 5.34. The molecule has 8 heteroatoms. The number of benzene rings is 2. The number of aryl methyl sites for hydroxylation is 1. The number of ether oxygens (including phenoxy) is 3. The van der Waals surface area contributed by atoms with Gasteiger partial charge < -0.3 is 18.8 Å². The number of hydrogen-bond acceptors (Lipinski definition) is 7. The van der Waals surface area contributed by atoms with Crippen molar-refractivity contribution >= 4 is 11.8 Å². The summed E-state index contributed by atoms with van der Waals surface area (Å²) in [6.45, 7) is 5.59. The van der Waals surface area contributed by atoms with E-state index < -0.39 is 0 Å². The number of nitrogens with zero attached hydrogens (tertiary/aromatic N) is 4. The van der Waals surface area contributed by atoms with Crippen LogP contribution in [0.5, 0.6) is 11.5 Å². The quantitative estimate of drug-likeness (QED) is 0.433. The zero-order valence-electron chi connectivity index (χ0n) is 19.2. The van der Waals surface area contributed by atoms with Crippen molar-refractivity contribution in [3.8, 4) is 11.5 Å². The lowest BCUT2D eigenvalue weighted by Gasteiger charge is -2.19. The molecule has 1 atom stereocenters. The highest BCUT2D eigenvalue weighted by atomic mass is 32.2. The molecule has 0 bridgehead atoms. The lowest BCUT2D eigenvalue weighted by Crippen LogP contribution is -2.23. The number of rotatable bonds is 9. The van der Waals surface area contributed by atoms with E-state index in [0.717, 1.165) is 60.8 Å². The molecule has 0 spiro atoms. The van der Waals surface area contributed by atoms with E-state index in [2.05, 4.69) is 70.0 Å². The fraction of sp³-hybridized carbons (Fsp3) is 0.440. The molecule has 0 saturated carbocycles. The lowest BCUT2D eigenvalue weighted by molar-refractivity contribution is 0.0934. The molecular weight excluding hydrogens is 436 g/mol. The Kier molecular flexibility index (Phi) is 6.85. The third-order valence-electron chi connectivity index (χ3n) is 6.12. The van der Waals surface area contributed by atoms with Gasteiger partial charge in [0.2, 0.25) is 6.79 Å². The summed E-state index contributed by atoms with van der Waals surface area (Å²) in [5.74, 6) is 3.48. The predicted molar refractivity (Wildman–Crippen MR) is 127 cm³/mol. The van der Waals surface area contributed by atoms with Crippen molar-refractivity contribution < 1.29 is 14.2 Å². The Labute approximate surface area is 199 Å². The summed E-state index contributed by atoms with van der Waals surface area (Å²) in [5.41, 5.74) is 3.82. The van der Waals surface area contributed by atoms with Crippen molar-refractivity contribution in [1.29, 1.82) is 0 Å².